The van der Waals surface area contributed by atoms with Gasteiger partial charge < -0.3 is 9.73 Å². The van der Waals surface area contributed by atoms with Crippen LogP contribution in [0.15, 0.2) is 16.5 Å². The van der Waals surface area contributed by atoms with Crippen molar-refractivity contribution in [2.24, 2.45) is 0 Å². The molecule has 0 radical (unpaired) electrons. The first-order chi connectivity index (χ1) is 7.75. The molecule has 3 heteroatoms. The molecule has 1 atom stereocenters. The molecule has 1 aliphatic heterocycles. The van der Waals surface area contributed by atoms with Crippen molar-refractivity contribution in [1.29, 1.82) is 0 Å². The number of aryl methyl sites for hydroxylation is 1. The average molecular weight is 222 g/mol. The Morgan fingerprint density at radius 2 is 2.38 bits per heavy atom. The molecule has 0 aliphatic carbocycles. The third-order valence-electron chi connectivity index (χ3n) is 3.36. The van der Waals surface area contributed by atoms with Crippen molar-refractivity contribution in [3.05, 3.63) is 23.7 Å². The van der Waals surface area contributed by atoms with Gasteiger partial charge in [0.25, 0.3) is 0 Å². The van der Waals surface area contributed by atoms with Crippen LogP contribution in [0.25, 0.3) is 0 Å². The number of rotatable bonds is 5. The number of likely N-dealkylation sites (tertiary alicyclic amines) is 1. The zero-order valence-electron chi connectivity index (χ0n) is 10.3. The second-order valence-corrected chi connectivity index (χ2v) is 4.72. The van der Waals surface area contributed by atoms with Crippen LogP contribution in [0, 0.1) is 6.92 Å². The fourth-order valence-corrected chi connectivity index (χ4v) is 2.34. The first-order valence-corrected chi connectivity index (χ1v) is 6.26. The van der Waals surface area contributed by atoms with Gasteiger partial charge in [0, 0.05) is 19.1 Å². The van der Waals surface area contributed by atoms with Crippen LogP contribution in [0.3, 0.4) is 0 Å². The number of hydrogen-bond acceptors (Lipinski definition) is 3. The molecular formula is C13H22N2O. The van der Waals surface area contributed by atoms with Crippen molar-refractivity contribution in [3.63, 3.8) is 0 Å². The molecule has 0 spiro atoms. The second kappa shape index (κ2) is 5.51. The lowest BCUT2D eigenvalue weighted by atomic mass is 10.2. The van der Waals surface area contributed by atoms with Gasteiger partial charge in [0.1, 0.15) is 11.5 Å². The predicted octanol–water partition coefficient (Wildman–Crippen LogP) is 2.16. The van der Waals surface area contributed by atoms with Gasteiger partial charge in [0.2, 0.25) is 0 Å². The van der Waals surface area contributed by atoms with Crippen LogP contribution in [0.5, 0.6) is 0 Å². The number of furan rings is 1. The van der Waals surface area contributed by atoms with Crippen LogP contribution in [-0.2, 0) is 6.54 Å². The Hall–Kier alpha value is -0.800. The van der Waals surface area contributed by atoms with E-state index in [1.807, 2.05) is 19.1 Å². The predicted molar refractivity (Wildman–Crippen MR) is 65.4 cm³/mol. The van der Waals surface area contributed by atoms with E-state index in [4.69, 9.17) is 4.42 Å². The largest absolute Gasteiger partial charge is 0.465 e. The molecule has 2 heterocycles. The van der Waals surface area contributed by atoms with E-state index in [0.29, 0.717) is 0 Å². The summed E-state index contributed by atoms with van der Waals surface area (Å²) >= 11 is 0. The van der Waals surface area contributed by atoms with Crippen LogP contribution in [0.2, 0.25) is 0 Å². The maximum Gasteiger partial charge on any atom is 0.117 e. The summed E-state index contributed by atoms with van der Waals surface area (Å²) in [4.78, 5) is 2.56. The third kappa shape index (κ3) is 3.09. The molecule has 0 bridgehead atoms. The van der Waals surface area contributed by atoms with Crippen LogP contribution < -0.4 is 5.32 Å². The van der Waals surface area contributed by atoms with Gasteiger partial charge in [0.05, 0.1) is 6.54 Å². The highest BCUT2D eigenvalue weighted by Crippen LogP contribution is 2.15. The fourth-order valence-electron chi connectivity index (χ4n) is 2.34. The quantitative estimate of drug-likeness (QED) is 0.774. The molecule has 0 saturated carbocycles. The Labute approximate surface area is 97.8 Å². The monoisotopic (exact) mass is 222 g/mol. The Morgan fingerprint density at radius 1 is 1.50 bits per heavy atom. The van der Waals surface area contributed by atoms with Gasteiger partial charge in [0.15, 0.2) is 0 Å². The molecule has 16 heavy (non-hydrogen) atoms. The Morgan fingerprint density at radius 3 is 3.00 bits per heavy atom. The van der Waals surface area contributed by atoms with E-state index in [2.05, 4.69) is 17.1 Å². The summed E-state index contributed by atoms with van der Waals surface area (Å²) < 4.78 is 5.50. The van der Waals surface area contributed by atoms with E-state index in [1.54, 1.807) is 0 Å². The van der Waals surface area contributed by atoms with Crippen LogP contribution in [0.4, 0.5) is 0 Å². The molecule has 0 aromatic carbocycles. The smallest absolute Gasteiger partial charge is 0.117 e. The van der Waals surface area contributed by atoms with Gasteiger partial charge in [-0.3, -0.25) is 4.90 Å². The molecule has 1 fully saturated rings. The zero-order valence-corrected chi connectivity index (χ0v) is 10.3. The third-order valence-corrected chi connectivity index (χ3v) is 3.36. The highest BCUT2D eigenvalue weighted by atomic mass is 16.3. The Bertz CT molecular complexity index is 321. The van der Waals surface area contributed by atoms with Gasteiger partial charge in [-0.05, 0) is 45.4 Å². The molecule has 2 rings (SSSR count). The average Bonchev–Trinajstić information content (AvgIpc) is 2.83. The Kier molecular flexibility index (Phi) is 4.02. The van der Waals surface area contributed by atoms with Gasteiger partial charge in [-0.25, -0.2) is 0 Å². The van der Waals surface area contributed by atoms with Gasteiger partial charge in [-0.2, -0.15) is 0 Å². The number of hydrogen-bond donors (Lipinski definition) is 1. The van der Waals surface area contributed by atoms with Crippen molar-refractivity contribution in [3.8, 4) is 0 Å². The van der Waals surface area contributed by atoms with E-state index < -0.39 is 0 Å². The Balaban J connectivity index is 1.61. The van der Waals surface area contributed by atoms with Crippen molar-refractivity contribution in [2.45, 2.75) is 39.3 Å². The summed E-state index contributed by atoms with van der Waals surface area (Å²) in [5.41, 5.74) is 0. The van der Waals surface area contributed by atoms with Crippen LogP contribution in [-0.4, -0.2) is 30.6 Å². The summed E-state index contributed by atoms with van der Waals surface area (Å²) in [5, 5.41) is 3.43. The fraction of sp³-hybridized carbons (Fsp3) is 0.692. The molecule has 1 aromatic heterocycles. The van der Waals surface area contributed by atoms with Crippen molar-refractivity contribution < 1.29 is 4.42 Å². The minimum absolute atomic E-state index is 0.771. The molecule has 90 valence electrons. The van der Waals surface area contributed by atoms with Crippen LogP contribution >= 0.6 is 0 Å². The molecule has 0 amide bonds. The summed E-state index contributed by atoms with van der Waals surface area (Å²) in [5.74, 6) is 2.02. The van der Waals surface area contributed by atoms with Crippen molar-refractivity contribution in [2.75, 3.05) is 19.6 Å². The minimum Gasteiger partial charge on any atom is -0.465 e. The topological polar surface area (TPSA) is 28.4 Å². The number of nitrogens with zero attached hydrogens (tertiary/aromatic N) is 1. The first kappa shape index (κ1) is 11.7. The number of nitrogens with one attached hydrogen (secondary N) is 1. The first-order valence-electron chi connectivity index (χ1n) is 6.26. The summed E-state index contributed by atoms with van der Waals surface area (Å²) in [6, 6.07) is 4.83. The maximum absolute atomic E-state index is 5.50. The highest BCUT2D eigenvalue weighted by molar-refractivity contribution is 5.05. The molecule has 1 saturated heterocycles. The van der Waals surface area contributed by atoms with Gasteiger partial charge in [-0.15, -0.1) is 0 Å². The van der Waals surface area contributed by atoms with Crippen molar-refractivity contribution >= 4 is 0 Å². The molecular weight excluding hydrogens is 200 g/mol. The van der Waals surface area contributed by atoms with E-state index in [9.17, 15) is 0 Å². The summed E-state index contributed by atoms with van der Waals surface area (Å²) in [6.07, 6.45) is 2.72. The zero-order chi connectivity index (χ0) is 11.4. The second-order valence-electron chi connectivity index (χ2n) is 4.72. The molecule has 1 unspecified atom stereocenters. The normalized spacial score (nSPS) is 21.8. The standard InChI is InChI=1S/C13H22N2O/c1-11-4-3-8-15(11)9-7-14-10-13-6-5-12(2)16-13/h5-6,11,14H,3-4,7-10H2,1-2H3. The van der Waals surface area contributed by atoms with Crippen molar-refractivity contribution in [1.82, 2.24) is 10.2 Å². The van der Waals surface area contributed by atoms with E-state index >= 15 is 0 Å². The lowest BCUT2D eigenvalue weighted by Crippen LogP contribution is -2.34. The molecule has 1 N–H and O–H groups in total. The summed E-state index contributed by atoms with van der Waals surface area (Å²) in [7, 11) is 0. The van der Waals surface area contributed by atoms with Gasteiger partial charge >= 0.3 is 0 Å². The SMILES string of the molecule is Cc1ccc(CNCCN2CCCC2C)o1. The lowest BCUT2D eigenvalue weighted by Gasteiger charge is -2.20. The molecule has 3 nitrogen and oxygen atoms in total. The maximum atomic E-state index is 5.50. The van der Waals surface area contributed by atoms with E-state index in [0.717, 1.165) is 37.2 Å². The van der Waals surface area contributed by atoms with Gasteiger partial charge in [-0.1, -0.05) is 0 Å². The highest BCUT2D eigenvalue weighted by Gasteiger charge is 2.18. The lowest BCUT2D eigenvalue weighted by molar-refractivity contribution is 0.267. The molecule has 1 aliphatic rings. The van der Waals surface area contributed by atoms with Crippen LogP contribution in [0.1, 0.15) is 31.3 Å². The molecule has 1 aromatic rings. The summed E-state index contributed by atoms with van der Waals surface area (Å²) in [6.45, 7) is 8.61. The minimum atomic E-state index is 0.771. The van der Waals surface area contributed by atoms with E-state index in [1.165, 1.54) is 19.4 Å². The van der Waals surface area contributed by atoms with E-state index in [-0.39, 0.29) is 0 Å².